The lowest BCUT2D eigenvalue weighted by molar-refractivity contribution is 0.0966. The molecule has 2 aromatic carbocycles. The average molecular weight is 347 g/mol. The molecule has 118 valence electrons. The van der Waals surface area contributed by atoms with E-state index in [-0.39, 0.29) is 11.8 Å². The van der Waals surface area contributed by atoms with Gasteiger partial charge in [0.1, 0.15) is 0 Å². The van der Waals surface area contributed by atoms with Crippen LogP contribution in [0.4, 0.5) is 0 Å². The third-order valence-electron chi connectivity index (χ3n) is 4.75. The first-order valence-electron chi connectivity index (χ1n) is 7.61. The number of hydrogen-bond acceptors (Lipinski definition) is 2. The van der Waals surface area contributed by atoms with E-state index < -0.39 is 0 Å². The Hall–Kier alpha value is -1.55. The van der Waals surface area contributed by atoms with E-state index in [2.05, 4.69) is 23.3 Å². The zero-order valence-corrected chi connectivity index (χ0v) is 14.2. The van der Waals surface area contributed by atoms with Gasteiger partial charge in [0.25, 0.3) is 5.91 Å². The van der Waals surface area contributed by atoms with Crippen molar-refractivity contribution < 1.29 is 4.79 Å². The molecule has 5 heteroatoms. The van der Waals surface area contributed by atoms with Gasteiger partial charge in [-0.25, -0.2) is 0 Å². The summed E-state index contributed by atoms with van der Waals surface area (Å²) in [7, 11) is 2.09. The molecular formula is C18H16Cl2N2O. The summed E-state index contributed by atoms with van der Waals surface area (Å²) in [5.41, 5.74) is 5.37. The summed E-state index contributed by atoms with van der Waals surface area (Å²) in [4.78, 5) is 14.2. The highest BCUT2D eigenvalue weighted by Gasteiger charge is 2.31. The molecule has 0 aliphatic carbocycles. The number of halogens is 2. The van der Waals surface area contributed by atoms with Crippen molar-refractivity contribution in [1.82, 2.24) is 10.2 Å². The summed E-state index contributed by atoms with van der Waals surface area (Å²) in [6, 6.07) is 9.78. The third kappa shape index (κ3) is 2.44. The van der Waals surface area contributed by atoms with Crippen LogP contribution in [0.1, 0.15) is 38.5 Å². The van der Waals surface area contributed by atoms with Crippen LogP contribution in [0.5, 0.6) is 0 Å². The van der Waals surface area contributed by atoms with E-state index in [9.17, 15) is 4.79 Å². The second kappa shape index (κ2) is 5.52. The number of carbonyl (C=O) groups excluding carboxylic acids is 1. The Kier molecular flexibility index (Phi) is 3.60. The summed E-state index contributed by atoms with van der Waals surface area (Å²) in [6.07, 6.45) is 0. The number of fused-ring (bicyclic) bond motifs is 2. The zero-order chi connectivity index (χ0) is 16.1. The molecule has 3 nitrogen and oxygen atoms in total. The van der Waals surface area contributed by atoms with Gasteiger partial charge in [-0.2, -0.15) is 0 Å². The quantitative estimate of drug-likeness (QED) is 0.851. The predicted molar refractivity (Wildman–Crippen MR) is 92.3 cm³/mol. The number of benzene rings is 2. The Morgan fingerprint density at radius 1 is 1.17 bits per heavy atom. The van der Waals surface area contributed by atoms with Crippen LogP contribution in [0.3, 0.4) is 0 Å². The molecule has 1 unspecified atom stereocenters. The number of hydrogen-bond donors (Lipinski definition) is 1. The maximum Gasteiger partial charge on any atom is 0.251 e. The first-order valence-corrected chi connectivity index (χ1v) is 8.36. The number of likely N-dealkylation sites (N-methyl/N-ethyl adjacent to an activating group) is 1. The number of nitrogens with one attached hydrogen (secondary N) is 1. The van der Waals surface area contributed by atoms with Gasteiger partial charge in [0.05, 0.1) is 0 Å². The summed E-state index contributed by atoms with van der Waals surface area (Å²) in [6.45, 7) is 2.29. The van der Waals surface area contributed by atoms with Crippen molar-refractivity contribution >= 4 is 29.1 Å². The van der Waals surface area contributed by atoms with Gasteiger partial charge in [-0.1, -0.05) is 35.3 Å². The van der Waals surface area contributed by atoms with Crippen molar-refractivity contribution in [3.05, 3.63) is 68.2 Å². The Morgan fingerprint density at radius 2 is 2.00 bits per heavy atom. The van der Waals surface area contributed by atoms with Crippen molar-refractivity contribution in [2.45, 2.75) is 19.0 Å². The van der Waals surface area contributed by atoms with Gasteiger partial charge in [0.2, 0.25) is 0 Å². The Bertz CT molecular complexity index is 819. The lowest BCUT2D eigenvalue weighted by Gasteiger charge is -2.34. The molecule has 4 rings (SSSR count). The summed E-state index contributed by atoms with van der Waals surface area (Å²) < 4.78 is 0. The minimum absolute atomic E-state index is 0.00960. The number of nitrogens with zero attached hydrogens (tertiary/aromatic N) is 1. The van der Waals surface area contributed by atoms with Gasteiger partial charge in [-0.3, -0.25) is 4.79 Å². The highest BCUT2D eigenvalue weighted by molar-refractivity contribution is 6.35. The second-order valence-corrected chi connectivity index (χ2v) is 7.10. The maximum absolute atomic E-state index is 12.0. The minimum Gasteiger partial charge on any atom is -0.348 e. The Labute approximate surface area is 145 Å². The monoisotopic (exact) mass is 346 g/mol. The van der Waals surface area contributed by atoms with E-state index in [0.717, 1.165) is 29.8 Å². The van der Waals surface area contributed by atoms with E-state index >= 15 is 0 Å². The molecule has 2 aromatic rings. The molecule has 0 bridgehead atoms. The number of amides is 1. The largest absolute Gasteiger partial charge is 0.348 e. The normalized spacial score (nSPS) is 20.1. The molecular weight excluding hydrogens is 331 g/mol. The molecule has 1 atom stereocenters. The summed E-state index contributed by atoms with van der Waals surface area (Å²) in [5, 5.41) is 4.29. The first kappa shape index (κ1) is 15.0. The molecule has 0 radical (unpaired) electrons. The van der Waals surface area contributed by atoms with Gasteiger partial charge in [-0.05, 0) is 47.5 Å². The molecule has 23 heavy (non-hydrogen) atoms. The SMILES string of the molecule is CN1Cc2c(Cl)cc(Cl)cc2C(c2cccc3c2CNC3=O)C1. The lowest BCUT2D eigenvalue weighted by atomic mass is 9.82. The fraction of sp³-hybridized carbons (Fsp3) is 0.278. The molecule has 1 N–H and O–H groups in total. The van der Waals surface area contributed by atoms with Gasteiger partial charge in [-0.15, -0.1) is 0 Å². The zero-order valence-electron chi connectivity index (χ0n) is 12.7. The maximum atomic E-state index is 12.0. The van der Waals surface area contributed by atoms with E-state index in [1.54, 1.807) is 6.07 Å². The van der Waals surface area contributed by atoms with Crippen molar-refractivity contribution in [1.29, 1.82) is 0 Å². The second-order valence-electron chi connectivity index (χ2n) is 6.26. The molecule has 2 heterocycles. The molecule has 2 aliphatic heterocycles. The van der Waals surface area contributed by atoms with Crippen molar-refractivity contribution in [2.24, 2.45) is 0 Å². The molecule has 0 spiro atoms. The molecule has 2 aliphatic rings. The van der Waals surface area contributed by atoms with E-state index in [4.69, 9.17) is 23.2 Å². The third-order valence-corrected chi connectivity index (χ3v) is 5.31. The number of rotatable bonds is 1. The number of carbonyl (C=O) groups is 1. The predicted octanol–water partition coefficient (Wildman–Crippen LogP) is 3.81. The van der Waals surface area contributed by atoms with Crippen LogP contribution >= 0.6 is 23.2 Å². The van der Waals surface area contributed by atoms with Crippen LogP contribution in [0, 0.1) is 0 Å². The van der Waals surface area contributed by atoms with Crippen LogP contribution in [0.15, 0.2) is 30.3 Å². The highest BCUT2D eigenvalue weighted by Crippen LogP contribution is 2.40. The first-order chi connectivity index (χ1) is 11.0. The van der Waals surface area contributed by atoms with Crippen molar-refractivity contribution in [3.63, 3.8) is 0 Å². The molecule has 0 saturated heterocycles. The molecule has 0 saturated carbocycles. The summed E-state index contributed by atoms with van der Waals surface area (Å²) >= 11 is 12.7. The van der Waals surface area contributed by atoms with Crippen LogP contribution < -0.4 is 5.32 Å². The van der Waals surface area contributed by atoms with Crippen LogP contribution in [0.2, 0.25) is 10.0 Å². The lowest BCUT2D eigenvalue weighted by Crippen LogP contribution is -2.31. The van der Waals surface area contributed by atoms with Crippen molar-refractivity contribution in [3.8, 4) is 0 Å². The Balaban J connectivity index is 1.90. The van der Waals surface area contributed by atoms with E-state index in [1.807, 2.05) is 18.2 Å². The summed E-state index contributed by atoms with van der Waals surface area (Å²) in [5.74, 6) is 0.179. The molecule has 0 fully saturated rings. The van der Waals surface area contributed by atoms with Gasteiger partial charge in [0, 0.05) is 41.2 Å². The van der Waals surface area contributed by atoms with Crippen LogP contribution in [-0.2, 0) is 13.1 Å². The highest BCUT2D eigenvalue weighted by atomic mass is 35.5. The van der Waals surface area contributed by atoms with E-state index in [0.29, 0.717) is 16.6 Å². The minimum atomic E-state index is 0.00960. The average Bonchev–Trinajstić information content (AvgIpc) is 2.89. The van der Waals surface area contributed by atoms with E-state index in [1.165, 1.54) is 11.1 Å². The van der Waals surface area contributed by atoms with Gasteiger partial charge >= 0.3 is 0 Å². The topological polar surface area (TPSA) is 32.3 Å². The van der Waals surface area contributed by atoms with Crippen LogP contribution in [0.25, 0.3) is 0 Å². The van der Waals surface area contributed by atoms with Crippen molar-refractivity contribution in [2.75, 3.05) is 13.6 Å². The smallest absolute Gasteiger partial charge is 0.251 e. The molecule has 0 aromatic heterocycles. The van der Waals surface area contributed by atoms with Crippen LogP contribution in [-0.4, -0.2) is 24.4 Å². The fourth-order valence-electron chi connectivity index (χ4n) is 3.72. The Morgan fingerprint density at radius 3 is 2.83 bits per heavy atom. The molecule has 1 amide bonds. The van der Waals surface area contributed by atoms with Gasteiger partial charge < -0.3 is 10.2 Å². The standard InChI is InChI=1S/C18H16Cl2N2O/c1-22-8-15(13-5-10(19)6-17(20)16(13)9-22)11-3-2-4-12-14(11)7-21-18(12)23/h2-6,15H,7-9H2,1H3,(H,21,23). The fourth-order valence-corrected chi connectivity index (χ4v) is 4.29. The van der Waals surface area contributed by atoms with Gasteiger partial charge in [0.15, 0.2) is 0 Å².